The Bertz CT molecular complexity index is 1720. The standard InChI is InChI=1S/C31H26N2O6/c1-4-16-32-22-11-7-6-10-21(22)31(30(32)36)26-27(34)20-9-5-8-12-23(20)39-28(26)29(35)33(31)17-15-19-13-14-24(37-2)25(18-19)38-3/h4-14,18H,1,15-17H2,2-3H3. The second-order valence-electron chi connectivity index (χ2n) is 9.46. The third-order valence-corrected chi connectivity index (χ3v) is 7.53. The van der Waals surface area contributed by atoms with Crippen LogP contribution in [0.15, 0.2) is 88.6 Å². The van der Waals surface area contributed by atoms with Crippen molar-refractivity contribution < 1.29 is 23.5 Å². The molecule has 1 unspecified atom stereocenters. The van der Waals surface area contributed by atoms with Crippen LogP contribution in [0, 0.1) is 0 Å². The molecule has 8 heteroatoms. The predicted octanol–water partition coefficient (Wildman–Crippen LogP) is 4.28. The number of amides is 2. The van der Waals surface area contributed by atoms with Crippen LogP contribution < -0.4 is 19.8 Å². The average Bonchev–Trinajstić information content (AvgIpc) is 3.36. The van der Waals surface area contributed by atoms with Gasteiger partial charge in [0.15, 0.2) is 22.5 Å². The number of ether oxygens (including phenoxy) is 2. The molecule has 196 valence electrons. The Morgan fingerprint density at radius 3 is 2.46 bits per heavy atom. The molecule has 1 spiro atoms. The van der Waals surface area contributed by atoms with Crippen molar-refractivity contribution in [2.24, 2.45) is 0 Å². The second kappa shape index (κ2) is 9.16. The molecule has 0 saturated carbocycles. The molecule has 4 aromatic rings. The molecule has 0 aliphatic carbocycles. The topological polar surface area (TPSA) is 89.3 Å². The van der Waals surface area contributed by atoms with Crippen LogP contribution in [0.3, 0.4) is 0 Å². The van der Waals surface area contributed by atoms with Crippen molar-refractivity contribution in [2.75, 3.05) is 32.2 Å². The maximum absolute atomic E-state index is 14.4. The van der Waals surface area contributed by atoms with Crippen molar-refractivity contribution in [1.29, 1.82) is 0 Å². The fourth-order valence-corrected chi connectivity index (χ4v) is 5.83. The SMILES string of the molecule is C=CCN1C(=O)C2(c3ccccc31)c1c(oc3ccccc3c1=O)C(=O)N2CCc1ccc(OC)c(OC)c1. The van der Waals surface area contributed by atoms with Gasteiger partial charge in [0, 0.05) is 18.7 Å². The Morgan fingerprint density at radius 1 is 0.949 bits per heavy atom. The lowest BCUT2D eigenvalue weighted by molar-refractivity contribution is -0.125. The van der Waals surface area contributed by atoms with E-state index in [9.17, 15) is 14.4 Å². The minimum atomic E-state index is -1.66. The molecule has 1 aromatic heterocycles. The van der Waals surface area contributed by atoms with E-state index in [1.807, 2.05) is 30.3 Å². The quantitative estimate of drug-likeness (QED) is 0.337. The third kappa shape index (κ3) is 3.34. The summed E-state index contributed by atoms with van der Waals surface area (Å²) in [6, 6.07) is 19.6. The fourth-order valence-electron chi connectivity index (χ4n) is 5.83. The van der Waals surface area contributed by atoms with Gasteiger partial charge in [-0.2, -0.15) is 0 Å². The number of carbonyl (C=O) groups excluding carboxylic acids is 2. The summed E-state index contributed by atoms with van der Waals surface area (Å²) >= 11 is 0. The molecule has 6 rings (SSSR count). The zero-order chi connectivity index (χ0) is 27.3. The van der Waals surface area contributed by atoms with Crippen molar-refractivity contribution in [2.45, 2.75) is 12.0 Å². The molecule has 2 aliphatic rings. The molecule has 0 bridgehead atoms. The molecule has 3 aromatic carbocycles. The number of benzene rings is 3. The van der Waals surface area contributed by atoms with Crippen LogP contribution in [0.2, 0.25) is 0 Å². The van der Waals surface area contributed by atoms with Gasteiger partial charge in [0.25, 0.3) is 11.8 Å². The van der Waals surface area contributed by atoms with Gasteiger partial charge in [0.05, 0.1) is 30.9 Å². The average molecular weight is 523 g/mol. The lowest BCUT2D eigenvalue weighted by atomic mass is 9.83. The number of anilines is 1. The van der Waals surface area contributed by atoms with E-state index >= 15 is 0 Å². The van der Waals surface area contributed by atoms with Crippen LogP contribution in [0.5, 0.6) is 11.5 Å². The number of nitrogens with zero attached hydrogens (tertiary/aromatic N) is 2. The summed E-state index contributed by atoms with van der Waals surface area (Å²) in [5.74, 6) is 0.157. The summed E-state index contributed by atoms with van der Waals surface area (Å²) < 4.78 is 16.9. The molecule has 0 radical (unpaired) electrons. The Kier molecular flexibility index (Phi) is 5.75. The first-order valence-corrected chi connectivity index (χ1v) is 12.6. The highest BCUT2D eigenvalue weighted by Crippen LogP contribution is 2.52. The van der Waals surface area contributed by atoms with E-state index in [2.05, 4.69) is 6.58 Å². The first-order chi connectivity index (χ1) is 19.0. The Morgan fingerprint density at radius 2 is 1.69 bits per heavy atom. The van der Waals surface area contributed by atoms with E-state index in [-0.39, 0.29) is 30.3 Å². The minimum absolute atomic E-state index is 0.0579. The predicted molar refractivity (Wildman–Crippen MR) is 147 cm³/mol. The van der Waals surface area contributed by atoms with Gasteiger partial charge in [-0.3, -0.25) is 14.4 Å². The molecule has 8 nitrogen and oxygen atoms in total. The molecule has 1 atom stereocenters. The number of carbonyl (C=O) groups is 2. The van der Waals surface area contributed by atoms with Crippen LogP contribution in [0.25, 0.3) is 11.0 Å². The first-order valence-electron chi connectivity index (χ1n) is 12.6. The van der Waals surface area contributed by atoms with E-state index < -0.39 is 16.9 Å². The van der Waals surface area contributed by atoms with E-state index in [4.69, 9.17) is 13.9 Å². The molecule has 0 saturated heterocycles. The van der Waals surface area contributed by atoms with E-state index in [1.54, 1.807) is 61.6 Å². The number of methoxy groups -OCH3 is 2. The zero-order valence-corrected chi connectivity index (χ0v) is 21.6. The molecule has 0 fully saturated rings. The van der Waals surface area contributed by atoms with Crippen LogP contribution in [-0.2, 0) is 16.8 Å². The highest BCUT2D eigenvalue weighted by molar-refractivity contribution is 6.17. The third-order valence-electron chi connectivity index (χ3n) is 7.53. The van der Waals surface area contributed by atoms with Gasteiger partial charge >= 0.3 is 0 Å². The van der Waals surface area contributed by atoms with Gasteiger partial charge in [-0.25, -0.2) is 0 Å². The molecule has 0 N–H and O–H groups in total. The molecular weight excluding hydrogens is 496 g/mol. The summed E-state index contributed by atoms with van der Waals surface area (Å²) in [5, 5.41) is 0.317. The fraction of sp³-hybridized carbons (Fsp3) is 0.194. The summed E-state index contributed by atoms with van der Waals surface area (Å²) in [7, 11) is 3.12. The smallest absolute Gasteiger partial charge is 0.291 e. The van der Waals surface area contributed by atoms with E-state index in [1.165, 1.54) is 4.90 Å². The van der Waals surface area contributed by atoms with E-state index in [0.717, 1.165) is 5.56 Å². The van der Waals surface area contributed by atoms with Crippen LogP contribution in [0.1, 0.15) is 27.2 Å². The van der Waals surface area contributed by atoms with Crippen molar-refractivity contribution in [3.05, 3.63) is 112 Å². The Labute approximate surface area is 224 Å². The number of hydrogen-bond donors (Lipinski definition) is 0. The van der Waals surface area contributed by atoms with Crippen molar-refractivity contribution in [1.82, 2.24) is 4.90 Å². The van der Waals surface area contributed by atoms with Crippen LogP contribution in [-0.4, -0.2) is 44.0 Å². The number of para-hydroxylation sites is 2. The van der Waals surface area contributed by atoms with Crippen molar-refractivity contribution in [3.63, 3.8) is 0 Å². The van der Waals surface area contributed by atoms with Crippen LogP contribution in [0.4, 0.5) is 5.69 Å². The highest BCUT2D eigenvalue weighted by Gasteiger charge is 2.64. The first kappa shape index (κ1) is 24.5. The number of rotatable bonds is 7. The van der Waals surface area contributed by atoms with Gasteiger partial charge in [0.1, 0.15) is 5.58 Å². The maximum Gasteiger partial charge on any atom is 0.291 e. The molecule has 2 amide bonds. The monoisotopic (exact) mass is 522 g/mol. The van der Waals surface area contributed by atoms with E-state index in [0.29, 0.717) is 40.1 Å². The number of fused-ring (bicyclic) bond motifs is 5. The Balaban J connectivity index is 1.56. The van der Waals surface area contributed by atoms with Gasteiger partial charge < -0.3 is 23.7 Å². The second-order valence-corrected chi connectivity index (χ2v) is 9.46. The molecule has 2 aliphatic heterocycles. The maximum atomic E-state index is 14.4. The van der Waals surface area contributed by atoms with Gasteiger partial charge in [-0.05, 0) is 42.3 Å². The lowest BCUT2D eigenvalue weighted by Crippen LogP contribution is -2.54. The van der Waals surface area contributed by atoms with Gasteiger partial charge in [-0.15, -0.1) is 6.58 Å². The summed E-state index contributed by atoms with van der Waals surface area (Å²) in [6.45, 7) is 4.19. The minimum Gasteiger partial charge on any atom is -0.493 e. The molecule has 3 heterocycles. The van der Waals surface area contributed by atoms with Crippen molar-refractivity contribution >= 4 is 28.5 Å². The van der Waals surface area contributed by atoms with Gasteiger partial charge in [0.2, 0.25) is 5.76 Å². The number of hydrogen-bond acceptors (Lipinski definition) is 6. The molecule has 39 heavy (non-hydrogen) atoms. The van der Waals surface area contributed by atoms with Crippen LogP contribution >= 0.6 is 0 Å². The zero-order valence-electron chi connectivity index (χ0n) is 21.6. The van der Waals surface area contributed by atoms with Crippen molar-refractivity contribution in [3.8, 4) is 11.5 Å². The van der Waals surface area contributed by atoms with Gasteiger partial charge in [-0.1, -0.05) is 42.5 Å². The lowest BCUT2D eigenvalue weighted by Gasteiger charge is -2.34. The summed E-state index contributed by atoms with van der Waals surface area (Å²) in [6.07, 6.45) is 2.02. The molecular formula is C31H26N2O6. The highest BCUT2D eigenvalue weighted by atomic mass is 16.5. The largest absolute Gasteiger partial charge is 0.493 e. The summed E-state index contributed by atoms with van der Waals surface area (Å²) in [5.41, 5.74) is 0.379. The normalized spacial score (nSPS) is 17.6. The summed E-state index contributed by atoms with van der Waals surface area (Å²) in [4.78, 5) is 45.6. The Hall–Kier alpha value is -4.85.